The van der Waals surface area contributed by atoms with Crippen molar-refractivity contribution in [3.05, 3.63) is 224 Å². The first kappa shape index (κ1) is 35.2. The second kappa shape index (κ2) is 14.5. The summed E-state index contributed by atoms with van der Waals surface area (Å²) in [6.07, 6.45) is 0. The predicted molar refractivity (Wildman–Crippen MR) is 261 cm³/mol. The Morgan fingerprint density at radius 1 is 0.328 bits per heavy atom. The van der Waals surface area contributed by atoms with Gasteiger partial charge in [-0.1, -0.05) is 170 Å². The molecule has 0 aliphatic rings. The van der Waals surface area contributed by atoms with Gasteiger partial charge in [-0.2, -0.15) is 0 Å². The molecule has 2 nitrogen and oxygen atoms in total. The Kier molecular flexibility index (Phi) is 8.39. The first-order valence-electron chi connectivity index (χ1n) is 20.7. The molecule has 12 rings (SSSR count). The fourth-order valence-electron chi connectivity index (χ4n) is 9.24. The van der Waals surface area contributed by atoms with Gasteiger partial charge in [-0.25, -0.2) is 0 Å². The van der Waals surface area contributed by atoms with Gasteiger partial charge in [0, 0.05) is 47.8 Å². The van der Waals surface area contributed by atoms with Crippen molar-refractivity contribution in [2.45, 2.75) is 0 Å². The third-order valence-corrected chi connectivity index (χ3v) is 13.3. The molecular weight excluding hydrogens is 759 g/mol. The summed E-state index contributed by atoms with van der Waals surface area (Å²) in [4.78, 5) is 2.45. The molecule has 0 aliphatic heterocycles. The third-order valence-electron chi connectivity index (χ3n) is 12.1. The zero-order valence-electron chi connectivity index (χ0n) is 33.1. The molecule has 0 spiro atoms. The van der Waals surface area contributed by atoms with Crippen LogP contribution in [0.3, 0.4) is 0 Å². The summed E-state index contributed by atoms with van der Waals surface area (Å²) in [7, 11) is 0. The highest BCUT2D eigenvalue weighted by molar-refractivity contribution is 7.26. The van der Waals surface area contributed by atoms with Crippen molar-refractivity contribution < 1.29 is 4.42 Å². The van der Waals surface area contributed by atoms with Crippen LogP contribution >= 0.6 is 11.3 Å². The lowest BCUT2D eigenvalue weighted by Gasteiger charge is -2.30. The number of fused-ring (bicyclic) bond motifs is 7. The first-order valence-corrected chi connectivity index (χ1v) is 21.6. The lowest BCUT2D eigenvalue weighted by Crippen LogP contribution is -2.12. The number of thiophene rings is 1. The van der Waals surface area contributed by atoms with E-state index in [9.17, 15) is 0 Å². The zero-order valence-corrected chi connectivity index (χ0v) is 33.9. The van der Waals surface area contributed by atoms with Crippen LogP contribution in [-0.2, 0) is 0 Å². The van der Waals surface area contributed by atoms with E-state index in [0.29, 0.717) is 0 Å². The van der Waals surface area contributed by atoms with E-state index in [0.717, 1.165) is 61.3 Å². The smallest absolute Gasteiger partial charge is 0.135 e. The number of nitrogens with zero attached hydrogens (tertiary/aromatic N) is 1. The SMILES string of the molecule is c1cc(-c2cccc(N(c3ccccc3-c3ccc4oc5ccccc5c4c3)c3ccccc3-c3cccc4ccccc34)c2)cc(-c2cccc3c2sc2ccccc23)c1. The van der Waals surface area contributed by atoms with Gasteiger partial charge in [-0.3, -0.25) is 0 Å². The second-order valence-electron chi connectivity index (χ2n) is 15.6. The van der Waals surface area contributed by atoms with E-state index in [1.165, 1.54) is 53.2 Å². The van der Waals surface area contributed by atoms with E-state index in [-0.39, 0.29) is 0 Å². The van der Waals surface area contributed by atoms with E-state index in [1.54, 1.807) is 0 Å². The van der Waals surface area contributed by atoms with E-state index < -0.39 is 0 Å². The van der Waals surface area contributed by atoms with Crippen LogP contribution in [-0.4, -0.2) is 0 Å². The zero-order chi connectivity index (χ0) is 40.3. The summed E-state index contributed by atoms with van der Waals surface area (Å²) in [6.45, 7) is 0. The average molecular weight is 796 g/mol. The Hall–Kier alpha value is -7.72. The predicted octanol–water partition coefficient (Wildman–Crippen LogP) is 17.2. The Labute approximate surface area is 357 Å². The Bertz CT molecular complexity index is 3620. The Morgan fingerprint density at radius 3 is 1.80 bits per heavy atom. The minimum Gasteiger partial charge on any atom is -0.456 e. The lowest BCUT2D eigenvalue weighted by molar-refractivity contribution is 0.669. The van der Waals surface area contributed by atoms with Gasteiger partial charge < -0.3 is 9.32 Å². The van der Waals surface area contributed by atoms with Crippen molar-refractivity contribution in [1.29, 1.82) is 0 Å². The largest absolute Gasteiger partial charge is 0.456 e. The third kappa shape index (κ3) is 6.01. The van der Waals surface area contributed by atoms with Crippen LogP contribution in [0.5, 0.6) is 0 Å². The van der Waals surface area contributed by atoms with Gasteiger partial charge in [0.15, 0.2) is 0 Å². The maximum Gasteiger partial charge on any atom is 0.135 e. The normalized spacial score (nSPS) is 11.6. The molecule has 286 valence electrons. The average Bonchev–Trinajstić information content (AvgIpc) is 3.90. The van der Waals surface area contributed by atoms with E-state index in [1.807, 2.05) is 23.5 Å². The van der Waals surface area contributed by atoms with Gasteiger partial charge in [0.05, 0.1) is 11.4 Å². The van der Waals surface area contributed by atoms with Gasteiger partial charge >= 0.3 is 0 Å². The molecule has 2 heterocycles. The molecule has 3 heteroatoms. The van der Waals surface area contributed by atoms with E-state index in [2.05, 4.69) is 217 Å². The van der Waals surface area contributed by atoms with Crippen LogP contribution < -0.4 is 4.90 Å². The van der Waals surface area contributed by atoms with Crippen LogP contribution in [0, 0.1) is 0 Å². The molecule has 0 aliphatic carbocycles. The second-order valence-corrected chi connectivity index (χ2v) is 16.7. The topological polar surface area (TPSA) is 16.4 Å². The fraction of sp³-hybridized carbons (Fsp3) is 0. The summed E-state index contributed by atoms with van der Waals surface area (Å²) < 4.78 is 8.92. The van der Waals surface area contributed by atoms with Crippen molar-refractivity contribution in [2.24, 2.45) is 0 Å². The summed E-state index contributed by atoms with van der Waals surface area (Å²) in [5.41, 5.74) is 14.5. The number of anilines is 3. The quantitative estimate of drug-likeness (QED) is 0.160. The monoisotopic (exact) mass is 795 g/mol. The molecule has 10 aromatic carbocycles. The minimum atomic E-state index is 0.888. The highest BCUT2D eigenvalue weighted by Crippen LogP contribution is 2.47. The van der Waals surface area contributed by atoms with Crippen molar-refractivity contribution >= 4 is 81.3 Å². The number of hydrogen-bond donors (Lipinski definition) is 0. The molecule has 0 fully saturated rings. The molecule has 0 atom stereocenters. The number of benzene rings is 10. The molecule has 0 N–H and O–H groups in total. The van der Waals surface area contributed by atoms with E-state index in [4.69, 9.17) is 4.42 Å². The Balaban J connectivity index is 1.05. The highest BCUT2D eigenvalue weighted by Gasteiger charge is 2.22. The van der Waals surface area contributed by atoms with Gasteiger partial charge in [0.25, 0.3) is 0 Å². The molecule has 0 radical (unpaired) electrons. The molecule has 0 unspecified atom stereocenters. The minimum absolute atomic E-state index is 0.888. The summed E-state index contributed by atoms with van der Waals surface area (Å²) in [6, 6.07) is 81.3. The van der Waals surface area contributed by atoms with Gasteiger partial charge in [0.1, 0.15) is 11.2 Å². The van der Waals surface area contributed by atoms with E-state index >= 15 is 0 Å². The molecule has 0 saturated heterocycles. The number of para-hydroxylation sites is 3. The maximum absolute atomic E-state index is 6.28. The summed E-state index contributed by atoms with van der Waals surface area (Å²) in [5.74, 6) is 0. The molecule has 61 heavy (non-hydrogen) atoms. The van der Waals surface area contributed by atoms with Crippen LogP contribution in [0.1, 0.15) is 0 Å². The van der Waals surface area contributed by atoms with Crippen molar-refractivity contribution in [2.75, 3.05) is 4.90 Å². The summed E-state index contributed by atoms with van der Waals surface area (Å²) in [5, 5.41) is 7.30. The first-order chi connectivity index (χ1) is 30.2. The standard InChI is InChI=1S/C58H37NOS/c1-2-21-44-38(15-1)16-13-27-47(44)48-23-4-8-30-54(48)59(53-29-7-3-22-45(53)42-33-34-56-52(37-42)49-24-5-9-31-55(49)60-56)43-20-12-18-40(36-43)39-17-11-19-41(35-39)46-26-14-28-51-50-25-6-10-32-57(50)61-58(46)51/h1-37H. The molecule has 0 amide bonds. The van der Waals surface area contributed by atoms with Gasteiger partial charge in [-0.05, 0) is 98.8 Å². The number of hydrogen-bond acceptors (Lipinski definition) is 3. The molecule has 12 aromatic rings. The highest BCUT2D eigenvalue weighted by atomic mass is 32.1. The van der Waals surface area contributed by atoms with Crippen LogP contribution in [0.4, 0.5) is 17.1 Å². The van der Waals surface area contributed by atoms with Gasteiger partial charge in [-0.15, -0.1) is 11.3 Å². The number of rotatable bonds is 7. The van der Waals surface area contributed by atoms with Gasteiger partial charge in [0.2, 0.25) is 0 Å². The lowest BCUT2D eigenvalue weighted by atomic mass is 9.94. The Morgan fingerprint density at radius 2 is 0.902 bits per heavy atom. The maximum atomic E-state index is 6.28. The van der Waals surface area contributed by atoms with Crippen molar-refractivity contribution in [1.82, 2.24) is 0 Å². The molecule has 0 bridgehead atoms. The van der Waals surface area contributed by atoms with Crippen LogP contribution in [0.2, 0.25) is 0 Å². The number of furan rings is 1. The van der Waals surface area contributed by atoms with Crippen molar-refractivity contribution in [3.8, 4) is 44.5 Å². The molecule has 2 aromatic heterocycles. The van der Waals surface area contributed by atoms with Crippen LogP contribution in [0.15, 0.2) is 229 Å². The molecular formula is C58H37NOS. The van der Waals surface area contributed by atoms with Crippen LogP contribution in [0.25, 0.3) is 97.4 Å². The fourth-order valence-corrected chi connectivity index (χ4v) is 10.5. The molecule has 0 saturated carbocycles. The summed E-state index contributed by atoms with van der Waals surface area (Å²) >= 11 is 1.88. The van der Waals surface area contributed by atoms with Crippen molar-refractivity contribution in [3.63, 3.8) is 0 Å².